The van der Waals surface area contributed by atoms with E-state index < -0.39 is 0 Å². The van der Waals surface area contributed by atoms with Crippen molar-refractivity contribution in [2.45, 2.75) is 33.9 Å². The monoisotopic (exact) mass is 260 g/mol. The maximum Gasteiger partial charge on any atom is 0.222 e. The van der Waals surface area contributed by atoms with Gasteiger partial charge in [0.1, 0.15) is 0 Å². The number of rotatable bonds is 6. The topological polar surface area (TPSA) is 52.0 Å². The van der Waals surface area contributed by atoms with Crippen LogP contribution in [0.5, 0.6) is 11.6 Å². The van der Waals surface area contributed by atoms with E-state index in [4.69, 9.17) is 4.74 Å². The van der Waals surface area contributed by atoms with Gasteiger partial charge >= 0.3 is 0 Å². The van der Waals surface area contributed by atoms with Gasteiger partial charge in [0.15, 0.2) is 5.75 Å². The Balaban J connectivity index is 2.08. The zero-order valence-corrected chi connectivity index (χ0v) is 11.7. The summed E-state index contributed by atoms with van der Waals surface area (Å²) < 4.78 is 7.56. The summed E-state index contributed by atoms with van der Waals surface area (Å²) in [6.07, 6.45) is 5.42. The van der Waals surface area contributed by atoms with Crippen LogP contribution in [0.3, 0.4) is 0 Å². The highest BCUT2D eigenvalue weighted by Gasteiger charge is 2.06. The SMILES string of the molecule is CCNCc1cnc(Oc2cnn(CC)c2)c(C)c1. The molecular formula is C14H20N4O. The van der Waals surface area contributed by atoms with E-state index in [2.05, 4.69) is 28.4 Å². The van der Waals surface area contributed by atoms with Crippen molar-refractivity contribution in [3.05, 3.63) is 35.8 Å². The average Bonchev–Trinajstić information content (AvgIpc) is 2.87. The molecule has 102 valence electrons. The van der Waals surface area contributed by atoms with Crippen LogP contribution in [-0.2, 0) is 13.1 Å². The van der Waals surface area contributed by atoms with Gasteiger partial charge in [0.2, 0.25) is 5.88 Å². The van der Waals surface area contributed by atoms with E-state index in [0.29, 0.717) is 5.88 Å². The molecule has 2 heterocycles. The van der Waals surface area contributed by atoms with Gasteiger partial charge in [0.05, 0.1) is 12.4 Å². The Morgan fingerprint density at radius 2 is 2.16 bits per heavy atom. The van der Waals surface area contributed by atoms with E-state index in [0.717, 1.165) is 36.5 Å². The van der Waals surface area contributed by atoms with Crippen molar-refractivity contribution in [2.75, 3.05) is 6.54 Å². The van der Waals surface area contributed by atoms with Crippen molar-refractivity contribution in [1.82, 2.24) is 20.1 Å². The van der Waals surface area contributed by atoms with Gasteiger partial charge in [-0.3, -0.25) is 4.68 Å². The number of nitrogens with one attached hydrogen (secondary N) is 1. The fourth-order valence-electron chi connectivity index (χ4n) is 1.78. The lowest BCUT2D eigenvalue weighted by Crippen LogP contribution is -2.12. The largest absolute Gasteiger partial charge is 0.435 e. The predicted molar refractivity (Wildman–Crippen MR) is 74.3 cm³/mol. The van der Waals surface area contributed by atoms with Crippen LogP contribution in [0.4, 0.5) is 0 Å². The van der Waals surface area contributed by atoms with Gasteiger partial charge < -0.3 is 10.1 Å². The van der Waals surface area contributed by atoms with Crippen LogP contribution in [-0.4, -0.2) is 21.3 Å². The highest BCUT2D eigenvalue weighted by atomic mass is 16.5. The molecule has 1 N–H and O–H groups in total. The molecule has 0 aliphatic heterocycles. The van der Waals surface area contributed by atoms with Gasteiger partial charge in [-0.1, -0.05) is 6.92 Å². The zero-order valence-electron chi connectivity index (χ0n) is 11.7. The lowest BCUT2D eigenvalue weighted by atomic mass is 10.2. The van der Waals surface area contributed by atoms with E-state index in [-0.39, 0.29) is 0 Å². The van der Waals surface area contributed by atoms with Gasteiger partial charge in [0.25, 0.3) is 0 Å². The Hall–Kier alpha value is -1.88. The van der Waals surface area contributed by atoms with Gasteiger partial charge in [-0.05, 0) is 32.0 Å². The van der Waals surface area contributed by atoms with Crippen LogP contribution >= 0.6 is 0 Å². The fraction of sp³-hybridized carbons (Fsp3) is 0.429. The third-order valence-corrected chi connectivity index (χ3v) is 2.81. The highest BCUT2D eigenvalue weighted by molar-refractivity contribution is 5.32. The zero-order chi connectivity index (χ0) is 13.7. The number of nitrogens with zero attached hydrogens (tertiary/aromatic N) is 3. The van der Waals surface area contributed by atoms with Crippen molar-refractivity contribution < 1.29 is 4.74 Å². The Labute approximate surface area is 113 Å². The second-order valence-corrected chi connectivity index (χ2v) is 4.38. The number of aromatic nitrogens is 3. The lowest BCUT2D eigenvalue weighted by Gasteiger charge is -2.08. The summed E-state index contributed by atoms with van der Waals surface area (Å²) >= 11 is 0. The summed E-state index contributed by atoms with van der Waals surface area (Å²) in [5.74, 6) is 1.35. The molecular weight excluding hydrogens is 240 g/mol. The number of pyridine rings is 1. The second kappa shape index (κ2) is 6.33. The molecule has 5 nitrogen and oxygen atoms in total. The van der Waals surface area contributed by atoms with Gasteiger partial charge in [-0.15, -0.1) is 0 Å². The predicted octanol–water partition coefficient (Wildman–Crippen LogP) is 2.51. The minimum atomic E-state index is 0.635. The summed E-state index contributed by atoms with van der Waals surface area (Å²) in [6, 6.07) is 2.09. The van der Waals surface area contributed by atoms with Gasteiger partial charge in [0, 0.05) is 24.8 Å². The molecule has 0 atom stereocenters. The minimum Gasteiger partial charge on any atom is -0.435 e. The second-order valence-electron chi connectivity index (χ2n) is 4.38. The molecule has 0 aromatic carbocycles. The standard InChI is InChI=1S/C14H20N4O/c1-4-15-7-12-6-11(3)14(16-8-12)19-13-9-17-18(5-2)10-13/h6,8-10,15H,4-5,7H2,1-3H3. The molecule has 2 rings (SSSR count). The summed E-state index contributed by atoms with van der Waals surface area (Å²) in [5.41, 5.74) is 2.19. The highest BCUT2D eigenvalue weighted by Crippen LogP contribution is 2.22. The van der Waals surface area contributed by atoms with Crippen LogP contribution in [0.2, 0.25) is 0 Å². The Morgan fingerprint density at radius 3 is 2.79 bits per heavy atom. The molecule has 0 fully saturated rings. The van der Waals surface area contributed by atoms with Crippen molar-refractivity contribution in [1.29, 1.82) is 0 Å². The van der Waals surface area contributed by atoms with Crippen LogP contribution in [0.25, 0.3) is 0 Å². The summed E-state index contributed by atoms with van der Waals surface area (Å²) in [7, 11) is 0. The maximum atomic E-state index is 5.74. The minimum absolute atomic E-state index is 0.635. The first-order chi connectivity index (χ1) is 9.22. The molecule has 0 saturated carbocycles. The third-order valence-electron chi connectivity index (χ3n) is 2.81. The molecule has 2 aromatic heterocycles. The van der Waals surface area contributed by atoms with Crippen LogP contribution in [0.1, 0.15) is 25.0 Å². The molecule has 0 amide bonds. The lowest BCUT2D eigenvalue weighted by molar-refractivity contribution is 0.457. The maximum absolute atomic E-state index is 5.74. The van der Waals surface area contributed by atoms with Crippen molar-refractivity contribution in [3.63, 3.8) is 0 Å². The summed E-state index contributed by atoms with van der Waals surface area (Å²) in [6.45, 7) is 8.74. The molecule has 19 heavy (non-hydrogen) atoms. The van der Waals surface area contributed by atoms with Crippen LogP contribution in [0.15, 0.2) is 24.7 Å². The Kier molecular flexibility index (Phi) is 4.52. The smallest absolute Gasteiger partial charge is 0.222 e. The van der Waals surface area contributed by atoms with E-state index in [1.807, 2.05) is 30.9 Å². The molecule has 0 radical (unpaired) electrons. The van der Waals surface area contributed by atoms with Gasteiger partial charge in [-0.25, -0.2) is 4.98 Å². The molecule has 0 aliphatic carbocycles. The quantitative estimate of drug-likeness (QED) is 0.867. The van der Waals surface area contributed by atoms with E-state index >= 15 is 0 Å². The molecule has 5 heteroatoms. The molecule has 0 saturated heterocycles. The van der Waals surface area contributed by atoms with E-state index in [1.165, 1.54) is 0 Å². The van der Waals surface area contributed by atoms with Crippen molar-refractivity contribution in [2.24, 2.45) is 0 Å². The molecule has 0 aliphatic rings. The first kappa shape index (κ1) is 13.5. The fourth-order valence-corrected chi connectivity index (χ4v) is 1.78. The third kappa shape index (κ3) is 3.54. The van der Waals surface area contributed by atoms with E-state index in [1.54, 1.807) is 6.20 Å². The number of ether oxygens (including phenoxy) is 1. The number of hydrogen-bond acceptors (Lipinski definition) is 4. The van der Waals surface area contributed by atoms with Gasteiger partial charge in [-0.2, -0.15) is 5.10 Å². The van der Waals surface area contributed by atoms with Crippen LogP contribution < -0.4 is 10.1 Å². The Morgan fingerprint density at radius 1 is 1.32 bits per heavy atom. The molecule has 0 spiro atoms. The van der Waals surface area contributed by atoms with Crippen molar-refractivity contribution in [3.8, 4) is 11.6 Å². The summed E-state index contributed by atoms with van der Waals surface area (Å²) in [5, 5.41) is 7.45. The summed E-state index contributed by atoms with van der Waals surface area (Å²) in [4.78, 5) is 4.36. The average molecular weight is 260 g/mol. The first-order valence-electron chi connectivity index (χ1n) is 6.59. The Bertz CT molecular complexity index is 536. The molecule has 0 bridgehead atoms. The van der Waals surface area contributed by atoms with E-state index in [9.17, 15) is 0 Å². The number of aryl methyl sites for hydroxylation is 2. The normalized spacial score (nSPS) is 10.7. The van der Waals surface area contributed by atoms with Crippen molar-refractivity contribution >= 4 is 0 Å². The van der Waals surface area contributed by atoms with Crippen LogP contribution in [0, 0.1) is 6.92 Å². The number of hydrogen-bond donors (Lipinski definition) is 1. The molecule has 0 unspecified atom stereocenters. The molecule has 2 aromatic rings. The first-order valence-corrected chi connectivity index (χ1v) is 6.59.